The second kappa shape index (κ2) is 11.9. The molecular formula is C31H23ClN2O4S. The van der Waals surface area contributed by atoms with E-state index >= 15 is 0 Å². The van der Waals surface area contributed by atoms with Gasteiger partial charge in [0.05, 0.1) is 5.69 Å². The van der Waals surface area contributed by atoms with Crippen LogP contribution in [0.1, 0.15) is 16.7 Å². The monoisotopic (exact) mass is 554 g/mol. The number of ether oxygens (including phenoxy) is 2. The Morgan fingerprint density at radius 3 is 1.97 bits per heavy atom. The number of anilines is 1. The van der Waals surface area contributed by atoms with Crippen LogP contribution in [-0.4, -0.2) is 16.9 Å². The summed E-state index contributed by atoms with van der Waals surface area (Å²) >= 11 is 11.3. The van der Waals surface area contributed by atoms with E-state index in [9.17, 15) is 9.59 Å². The molecular weight excluding hydrogens is 532 g/mol. The Morgan fingerprint density at radius 2 is 1.36 bits per heavy atom. The number of nitrogens with zero attached hydrogens (tertiary/aromatic N) is 1. The molecule has 4 aromatic carbocycles. The lowest BCUT2D eigenvalue weighted by molar-refractivity contribution is -0.122. The molecule has 0 radical (unpaired) electrons. The SMILES string of the molecule is O=C1NC(=S)N(c2ccc(Cl)cc2)C(=O)C1=Cc1ccc(OCc2ccccc2)c(OCc2ccccc2)c1. The van der Waals surface area contributed by atoms with Crippen molar-refractivity contribution in [1.82, 2.24) is 5.32 Å². The minimum Gasteiger partial charge on any atom is -0.485 e. The molecule has 1 N–H and O–H groups in total. The van der Waals surface area contributed by atoms with Gasteiger partial charge in [0.25, 0.3) is 11.8 Å². The lowest BCUT2D eigenvalue weighted by Crippen LogP contribution is -2.54. The zero-order valence-corrected chi connectivity index (χ0v) is 22.2. The predicted octanol–water partition coefficient (Wildman–Crippen LogP) is 6.33. The number of nitrogens with one attached hydrogen (secondary N) is 1. The smallest absolute Gasteiger partial charge is 0.270 e. The maximum atomic E-state index is 13.4. The van der Waals surface area contributed by atoms with Gasteiger partial charge in [-0.15, -0.1) is 0 Å². The van der Waals surface area contributed by atoms with Gasteiger partial charge in [-0.05, 0) is 71.4 Å². The number of hydrogen-bond donors (Lipinski definition) is 1. The highest BCUT2D eigenvalue weighted by Crippen LogP contribution is 2.32. The summed E-state index contributed by atoms with van der Waals surface area (Å²) in [5.41, 5.74) is 3.03. The molecule has 4 aromatic rings. The van der Waals surface area contributed by atoms with Gasteiger partial charge in [0.15, 0.2) is 16.6 Å². The fourth-order valence-corrected chi connectivity index (χ4v) is 4.37. The van der Waals surface area contributed by atoms with Crippen LogP contribution >= 0.6 is 23.8 Å². The van der Waals surface area contributed by atoms with Gasteiger partial charge >= 0.3 is 0 Å². The van der Waals surface area contributed by atoms with E-state index in [1.54, 1.807) is 42.5 Å². The number of halogens is 1. The minimum atomic E-state index is -0.577. The van der Waals surface area contributed by atoms with Crippen molar-refractivity contribution in [3.63, 3.8) is 0 Å². The normalized spacial score (nSPS) is 14.3. The Hall–Kier alpha value is -4.46. The number of benzene rings is 4. The van der Waals surface area contributed by atoms with E-state index in [0.717, 1.165) is 11.1 Å². The number of hydrogen-bond acceptors (Lipinski definition) is 5. The molecule has 0 aromatic heterocycles. The predicted molar refractivity (Wildman–Crippen MR) is 156 cm³/mol. The van der Waals surface area contributed by atoms with Crippen LogP contribution in [0.3, 0.4) is 0 Å². The molecule has 1 heterocycles. The summed E-state index contributed by atoms with van der Waals surface area (Å²) < 4.78 is 12.2. The highest BCUT2D eigenvalue weighted by Gasteiger charge is 2.34. The molecule has 0 atom stereocenters. The zero-order chi connectivity index (χ0) is 27.2. The highest BCUT2D eigenvalue weighted by atomic mass is 35.5. The first-order chi connectivity index (χ1) is 19.0. The molecule has 1 aliphatic heterocycles. The average Bonchev–Trinajstić information content (AvgIpc) is 2.95. The zero-order valence-electron chi connectivity index (χ0n) is 20.7. The summed E-state index contributed by atoms with van der Waals surface area (Å²) in [6.07, 6.45) is 1.51. The van der Waals surface area contributed by atoms with Crippen molar-refractivity contribution in [3.8, 4) is 11.5 Å². The molecule has 6 nitrogen and oxygen atoms in total. The Morgan fingerprint density at radius 1 is 0.769 bits per heavy atom. The lowest BCUT2D eigenvalue weighted by Gasteiger charge is -2.29. The standard InChI is InChI=1S/C31H23ClN2O4S/c32-24-12-14-25(15-13-24)34-30(36)26(29(35)33-31(34)39)17-23-11-16-27(37-19-21-7-3-1-4-8-21)28(18-23)38-20-22-9-5-2-6-10-22/h1-18H,19-20H2,(H,33,35,39). The first kappa shape index (κ1) is 26.2. The second-order valence-corrected chi connectivity index (χ2v) is 9.51. The molecule has 5 rings (SSSR count). The molecule has 0 bridgehead atoms. The van der Waals surface area contributed by atoms with Crippen LogP contribution in [0.4, 0.5) is 5.69 Å². The Labute approximate surface area is 236 Å². The van der Waals surface area contributed by atoms with Gasteiger partial charge in [0.1, 0.15) is 18.8 Å². The van der Waals surface area contributed by atoms with Crippen LogP contribution < -0.4 is 19.7 Å². The largest absolute Gasteiger partial charge is 0.485 e. The van der Waals surface area contributed by atoms with Gasteiger partial charge in [-0.2, -0.15) is 0 Å². The summed E-state index contributed by atoms with van der Waals surface area (Å²) in [5.74, 6) is -0.0909. The van der Waals surface area contributed by atoms with Gasteiger partial charge < -0.3 is 9.47 Å². The van der Waals surface area contributed by atoms with E-state index in [1.807, 2.05) is 60.7 Å². The third-order valence-electron chi connectivity index (χ3n) is 5.94. The minimum absolute atomic E-state index is 0.000941. The third kappa shape index (κ3) is 6.34. The van der Waals surface area contributed by atoms with Gasteiger partial charge in [0, 0.05) is 5.02 Å². The van der Waals surface area contributed by atoms with Crippen LogP contribution in [0.25, 0.3) is 6.08 Å². The fraction of sp³-hybridized carbons (Fsp3) is 0.0645. The van der Waals surface area contributed by atoms with Crippen LogP contribution in [0.5, 0.6) is 11.5 Å². The van der Waals surface area contributed by atoms with Crippen LogP contribution in [0.15, 0.2) is 109 Å². The summed E-state index contributed by atoms with van der Waals surface area (Å²) in [5, 5.41) is 3.12. The highest BCUT2D eigenvalue weighted by molar-refractivity contribution is 7.80. The Bertz CT molecular complexity index is 1540. The summed E-state index contributed by atoms with van der Waals surface area (Å²) in [6, 6.07) is 31.5. The van der Waals surface area contributed by atoms with Gasteiger partial charge in [-0.3, -0.25) is 19.8 Å². The molecule has 39 heavy (non-hydrogen) atoms. The number of thiocarbonyl (C=S) groups is 1. The number of carbonyl (C=O) groups is 2. The van der Waals surface area contributed by atoms with E-state index in [0.29, 0.717) is 41.0 Å². The molecule has 0 spiro atoms. The first-order valence-corrected chi connectivity index (χ1v) is 12.9. The van der Waals surface area contributed by atoms with E-state index in [4.69, 9.17) is 33.3 Å². The maximum Gasteiger partial charge on any atom is 0.270 e. The Kier molecular flexibility index (Phi) is 8.01. The molecule has 8 heteroatoms. The first-order valence-electron chi connectivity index (χ1n) is 12.1. The lowest BCUT2D eigenvalue weighted by atomic mass is 10.1. The summed E-state index contributed by atoms with van der Waals surface area (Å²) in [7, 11) is 0. The van der Waals surface area contributed by atoms with E-state index in [1.165, 1.54) is 11.0 Å². The molecule has 1 fully saturated rings. The topological polar surface area (TPSA) is 67.9 Å². The Balaban J connectivity index is 1.44. The molecule has 0 saturated carbocycles. The van der Waals surface area contributed by atoms with Crippen LogP contribution in [-0.2, 0) is 22.8 Å². The molecule has 0 aliphatic carbocycles. The quantitative estimate of drug-likeness (QED) is 0.157. The van der Waals surface area contributed by atoms with Gasteiger partial charge in [-0.1, -0.05) is 78.3 Å². The van der Waals surface area contributed by atoms with Crippen molar-refractivity contribution in [3.05, 3.63) is 130 Å². The number of amides is 2. The molecule has 194 valence electrons. The van der Waals surface area contributed by atoms with Crippen molar-refractivity contribution in [1.29, 1.82) is 0 Å². The van der Waals surface area contributed by atoms with Crippen molar-refractivity contribution < 1.29 is 19.1 Å². The van der Waals surface area contributed by atoms with Crippen LogP contribution in [0.2, 0.25) is 5.02 Å². The maximum absolute atomic E-state index is 13.4. The van der Waals surface area contributed by atoms with E-state index in [-0.39, 0.29) is 10.7 Å². The average molecular weight is 555 g/mol. The molecule has 0 unspecified atom stereocenters. The number of rotatable bonds is 8. The fourth-order valence-electron chi connectivity index (χ4n) is 3.97. The van der Waals surface area contributed by atoms with Crippen molar-refractivity contribution >= 4 is 52.5 Å². The van der Waals surface area contributed by atoms with Gasteiger partial charge in [0.2, 0.25) is 0 Å². The molecule has 2 amide bonds. The van der Waals surface area contributed by atoms with Crippen molar-refractivity contribution in [2.75, 3.05) is 4.90 Å². The second-order valence-electron chi connectivity index (χ2n) is 8.69. The summed E-state index contributed by atoms with van der Waals surface area (Å²) in [6.45, 7) is 0.679. The van der Waals surface area contributed by atoms with Gasteiger partial charge in [-0.25, -0.2) is 0 Å². The van der Waals surface area contributed by atoms with E-state index < -0.39 is 11.8 Å². The van der Waals surface area contributed by atoms with E-state index in [2.05, 4.69) is 5.32 Å². The molecule has 1 aliphatic rings. The van der Waals surface area contributed by atoms with Crippen molar-refractivity contribution in [2.45, 2.75) is 13.2 Å². The summed E-state index contributed by atoms with van der Waals surface area (Å²) in [4.78, 5) is 27.4. The third-order valence-corrected chi connectivity index (χ3v) is 6.48. The van der Waals surface area contributed by atoms with Crippen molar-refractivity contribution in [2.24, 2.45) is 0 Å². The molecule has 1 saturated heterocycles. The number of carbonyl (C=O) groups excluding carboxylic acids is 2. The van der Waals surface area contributed by atoms with Crippen LogP contribution in [0, 0.1) is 0 Å².